The van der Waals surface area contributed by atoms with Crippen LogP contribution in [0.25, 0.3) is 0 Å². The lowest BCUT2D eigenvalue weighted by atomic mass is 10.7. The summed E-state index contributed by atoms with van der Waals surface area (Å²) in [6.45, 7) is 1.73. The first kappa shape index (κ1) is 17.2. The van der Waals surface area contributed by atoms with Gasteiger partial charge in [0.1, 0.15) is 0 Å². The molecule has 7 nitrogen and oxygen atoms in total. The molecule has 0 aromatic rings. The Morgan fingerprint density at radius 3 is 1.40 bits per heavy atom. The van der Waals surface area contributed by atoms with Crippen molar-refractivity contribution >= 4 is 10.1 Å². The zero-order valence-corrected chi connectivity index (χ0v) is 9.44. The maximum atomic E-state index is 9.19. The van der Waals surface area contributed by atoms with Gasteiger partial charge in [0, 0.05) is 0 Å². The van der Waals surface area contributed by atoms with Gasteiger partial charge in [0.2, 0.25) is 0 Å². The molecular weight excluding hydrogens is 228 g/mol. The molecule has 8 heteroatoms. The molecule has 0 saturated heterocycles. The van der Waals surface area contributed by atoms with Crippen molar-refractivity contribution in [1.29, 1.82) is 0 Å². The van der Waals surface area contributed by atoms with Gasteiger partial charge in [0.05, 0.1) is 45.9 Å². The lowest BCUT2D eigenvalue weighted by Gasteiger charge is -2.01. The van der Waals surface area contributed by atoms with Gasteiger partial charge in [-0.2, -0.15) is 8.42 Å². The molecule has 3 N–H and O–H groups in total. The van der Waals surface area contributed by atoms with Crippen LogP contribution in [0.15, 0.2) is 0 Å². The normalized spacial score (nSPS) is 10.7. The number of hydrogen-bond acceptors (Lipinski definition) is 6. The highest BCUT2D eigenvalue weighted by Gasteiger charge is 1.86. The average molecular weight is 246 g/mol. The second-order valence-corrected chi connectivity index (χ2v) is 3.87. The van der Waals surface area contributed by atoms with Crippen molar-refractivity contribution in [3.63, 3.8) is 0 Å². The van der Waals surface area contributed by atoms with E-state index in [9.17, 15) is 8.42 Å². The van der Waals surface area contributed by atoms with Crippen LogP contribution in [-0.2, 0) is 19.6 Å². The average Bonchev–Trinajstić information content (AvgIpc) is 2.08. The molecule has 0 fully saturated rings. The first-order valence-electron chi connectivity index (χ1n) is 4.21. The standard InChI is InChI=1S/C6H14O4.CH4O3S/c7-1-3-9-5-6-10-4-2-8;1-5(2,3)4/h7-8H,1-6H2;1H3,(H,2,3,4). The van der Waals surface area contributed by atoms with Gasteiger partial charge in [-0.3, -0.25) is 4.55 Å². The fraction of sp³-hybridized carbons (Fsp3) is 1.00. The Balaban J connectivity index is 0. The SMILES string of the molecule is CS(=O)(=O)O.OCCOCCOCCO. The fourth-order valence-corrected chi connectivity index (χ4v) is 0.451. The second-order valence-electron chi connectivity index (χ2n) is 2.40. The van der Waals surface area contributed by atoms with E-state index in [1.54, 1.807) is 0 Å². The van der Waals surface area contributed by atoms with Crippen LogP contribution in [0.1, 0.15) is 0 Å². The van der Waals surface area contributed by atoms with E-state index in [-0.39, 0.29) is 13.2 Å². The molecule has 0 rings (SSSR count). The summed E-state index contributed by atoms with van der Waals surface area (Å²) in [6.07, 6.45) is 0.715. The molecule has 0 aliphatic heterocycles. The Hall–Kier alpha value is -0.250. The summed E-state index contributed by atoms with van der Waals surface area (Å²) in [7, 11) is -3.67. The third-order valence-corrected chi connectivity index (χ3v) is 0.843. The summed E-state index contributed by atoms with van der Waals surface area (Å²) in [6, 6.07) is 0. The summed E-state index contributed by atoms with van der Waals surface area (Å²) in [5, 5.41) is 16.5. The fourth-order valence-electron chi connectivity index (χ4n) is 0.451. The van der Waals surface area contributed by atoms with Gasteiger partial charge in [-0.15, -0.1) is 0 Å². The van der Waals surface area contributed by atoms with E-state index in [1.807, 2.05) is 0 Å². The molecule has 0 aromatic heterocycles. The van der Waals surface area contributed by atoms with E-state index in [1.165, 1.54) is 0 Å². The van der Waals surface area contributed by atoms with Gasteiger partial charge in [-0.25, -0.2) is 0 Å². The van der Waals surface area contributed by atoms with Crippen molar-refractivity contribution in [3.8, 4) is 0 Å². The van der Waals surface area contributed by atoms with Gasteiger partial charge in [0.25, 0.3) is 10.1 Å². The molecule has 0 saturated carbocycles. The van der Waals surface area contributed by atoms with Crippen LogP contribution in [0.5, 0.6) is 0 Å². The smallest absolute Gasteiger partial charge is 0.261 e. The second kappa shape index (κ2) is 11.8. The molecule has 0 aliphatic rings. The van der Waals surface area contributed by atoms with Crippen molar-refractivity contribution in [3.05, 3.63) is 0 Å². The highest BCUT2D eigenvalue weighted by molar-refractivity contribution is 7.85. The highest BCUT2D eigenvalue weighted by Crippen LogP contribution is 1.76. The van der Waals surface area contributed by atoms with E-state index >= 15 is 0 Å². The Morgan fingerprint density at radius 1 is 0.933 bits per heavy atom. The van der Waals surface area contributed by atoms with Crippen molar-refractivity contribution in [2.24, 2.45) is 0 Å². The lowest BCUT2D eigenvalue weighted by Crippen LogP contribution is -2.09. The van der Waals surface area contributed by atoms with E-state index < -0.39 is 10.1 Å². The van der Waals surface area contributed by atoms with E-state index in [4.69, 9.17) is 24.2 Å². The predicted molar refractivity (Wildman–Crippen MR) is 53.3 cm³/mol. The minimum atomic E-state index is -3.67. The Morgan fingerprint density at radius 2 is 1.20 bits per heavy atom. The molecule has 0 amide bonds. The van der Waals surface area contributed by atoms with Crippen molar-refractivity contribution < 1.29 is 32.7 Å². The third-order valence-electron chi connectivity index (χ3n) is 0.843. The Labute approximate surface area is 89.4 Å². The van der Waals surface area contributed by atoms with E-state index in [0.717, 1.165) is 0 Å². The van der Waals surface area contributed by atoms with E-state index in [2.05, 4.69) is 0 Å². The van der Waals surface area contributed by atoms with Crippen molar-refractivity contribution in [1.82, 2.24) is 0 Å². The van der Waals surface area contributed by atoms with Gasteiger partial charge in [-0.05, 0) is 0 Å². The van der Waals surface area contributed by atoms with Gasteiger partial charge >= 0.3 is 0 Å². The lowest BCUT2D eigenvalue weighted by molar-refractivity contribution is 0.0222. The zero-order chi connectivity index (χ0) is 12.2. The first-order valence-corrected chi connectivity index (χ1v) is 6.06. The Kier molecular flexibility index (Phi) is 13.5. The summed E-state index contributed by atoms with van der Waals surface area (Å²) in [4.78, 5) is 0. The minimum absolute atomic E-state index is 0.0417. The molecule has 0 bridgehead atoms. The van der Waals surface area contributed by atoms with Crippen molar-refractivity contribution in [2.45, 2.75) is 0 Å². The number of hydrogen-bond donors (Lipinski definition) is 3. The molecule has 94 valence electrons. The Bertz CT molecular complexity index is 185. The molecule has 15 heavy (non-hydrogen) atoms. The first-order chi connectivity index (χ1) is 6.91. The van der Waals surface area contributed by atoms with Gasteiger partial charge in [-0.1, -0.05) is 0 Å². The van der Waals surface area contributed by atoms with Crippen LogP contribution >= 0.6 is 0 Å². The molecule has 0 radical (unpaired) electrons. The number of aliphatic hydroxyl groups excluding tert-OH is 2. The molecular formula is C7H18O7S. The molecule has 0 aliphatic carbocycles. The van der Waals surface area contributed by atoms with Crippen LogP contribution in [0.3, 0.4) is 0 Å². The van der Waals surface area contributed by atoms with Crippen molar-refractivity contribution in [2.75, 3.05) is 45.9 Å². The topological polar surface area (TPSA) is 113 Å². The maximum absolute atomic E-state index is 9.19. The molecule has 0 atom stereocenters. The molecule has 0 aromatic carbocycles. The largest absolute Gasteiger partial charge is 0.394 e. The van der Waals surface area contributed by atoms with Crippen LogP contribution in [0.2, 0.25) is 0 Å². The zero-order valence-electron chi connectivity index (χ0n) is 8.63. The summed E-state index contributed by atoms with van der Waals surface area (Å²) < 4.78 is 35.6. The van der Waals surface area contributed by atoms with Gasteiger partial charge < -0.3 is 19.7 Å². The molecule has 0 spiro atoms. The molecule has 0 unspecified atom stereocenters. The molecule has 0 heterocycles. The summed E-state index contributed by atoms with van der Waals surface area (Å²) in [5.41, 5.74) is 0. The van der Waals surface area contributed by atoms with Crippen LogP contribution in [-0.4, -0.2) is 69.1 Å². The number of rotatable bonds is 7. The highest BCUT2D eigenvalue weighted by atomic mass is 32.2. The third kappa shape index (κ3) is 41.7. The number of aliphatic hydroxyl groups is 2. The summed E-state index contributed by atoms with van der Waals surface area (Å²) in [5.74, 6) is 0. The number of ether oxygens (including phenoxy) is 2. The predicted octanol–water partition coefficient (Wildman–Crippen LogP) is -1.49. The quantitative estimate of drug-likeness (QED) is 0.370. The maximum Gasteiger partial charge on any atom is 0.261 e. The van der Waals surface area contributed by atoms with Crippen LogP contribution in [0, 0.1) is 0 Å². The van der Waals surface area contributed by atoms with Gasteiger partial charge in [0.15, 0.2) is 0 Å². The van der Waals surface area contributed by atoms with Crippen LogP contribution in [0.4, 0.5) is 0 Å². The minimum Gasteiger partial charge on any atom is -0.394 e. The monoisotopic (exact) mass is 246 g/mol. The van der Waals surface area contributed by atoms with E-state index in [0.29, 0.717) is 32.7 Å². The summed E-state index contributed by atoms with van der Waals surface area (Å²) >= 11 is 0. The van der Waals surface area contributed by atoms with Crippen LogP contribution < -0.4 is 0 Å².